The summed E-state index contributed by atoms with van der Waals surface area (Å²) in [6.45, 7) is 4.93. The summed E-state index contributed by atoms with van der Waals surface area (Å²) in [6, 6.07) is 10.5. The zero-order valence-electron chi connectivity index (χ0n) is 20.4. The molecular formula is C24H31Cl2N3O5S. The molecule has 2 aromatic rings. The van der Waals surface area contributed by atoms with Gasteiger partial charge in [-0.2, -0.15) is 0 Å². The molecule has 1 N–H and O–H groups in total. The van der Waals surface area contributed by atoms with Gasteiger partial charge in [0.2, 0.25) is 21.8 Å². The van der Waals surface area contributed by atoms with Crippen LogP contribution in [0.15, 0.2) is 42.5 Å². The topological polar surface area (TPSA) is 96.0 Å². The number of rotatable bonds is 11. The molecule has 0 radical (unpaired) electrons. The maximum atomic E-state index is 13.6. The first-order chi connectivity index (χ1) is 16.4. The second-order valence-electron chi connectivity index (χ2n) is 8.23. The van der Waals surface area contributed by atoms with Crippen molar-refractivity contribution in [3.63, 3.8) is 0 Å². The number of amides is 2. The minimum absolute atomic E-state index is 0.0665. The lowest BCUT2D eigenvalue weighted by molar-refractivity contribution is -0.139. The number of benzene rings is 2. The van der Waals surface area contributed by atoms with Gasteiger partial charge in [0, 0.05) is 17.6 Å². The Kier molecular flexibility index (Phi) is 10.2. The maximum absolute atomic E-state index is 13.6. The standard InChI is InChI=1S/C24H31Cl2N3O5S/c1-6-16(2)27-24(31)17(3)28(14-18-8-7-9-20(12-18)34-4)23(30)15-29(35(5,32)33)22-11-10-19(25)13-21(22)26/h7-13,16-17H,6,14-15H2,1-5H3,(H,27,31)/t16-,17-/m1/s1. The minimum Gasteiger partial charge on any atom is -0.497 e. The van der Waals surface area contributed by atoms with Gasteiger partial charge in [-0.15, -0.1) is 0 Å². The molecule has 0 aliphatic rings. The van der Waals surface area contributed by atoms with Gasteiger partial charge in [0.1, 0.15) is 18.3 Å². The van der Waals surface area contributed by atoms with Crippen molar-refractivity contribution in [2.75, 3.05) is 24.2 Å². The van der Waals surface area contributed by atoms with Gasteiger partial charge in [-0.3, -0.25) is 13.9 Å². The fourth-order valence-corrected chi connectivity index (χ4v) is 4.72. The molecule has 2 amide bonds. The van der Waals surface area contributed by atoms with Crippen molar-refractivity contribution in [2.24, 2.45) is 0 Å². The van der Waals surface area contributed by atoms with Crippen LogP contribution in [0.1, 0.15) is 32.8 Å². The molecule has 2 atom stereocenters. The van der Waals surface area contributed by atoms with Crippen molar-refractivity contribution in [3.8, 4) is 5.75 Å². The predicted octanol–water partition coefficient (Wildman–Crippen LogP) is 4.10. The summed E-state index contributed by atoms with van der Waals surface area (Å²) in [5.41, 5.74) is 0.835. The van der Waals surface area contributed by atoms with Crippen LogP contribution in [0.3, 0.4) is 0 Å². The quantitative estimate of drug-likeness (QED) is 0.460. The number of hydrogen-bond donors (Lipinski definition) is 1. The van der Waals surface area contributed by atoms with E-state index < -0.39 is 28.5 Å². The lowest BCUT2D eigenvalue weighted by atomic mass is 10.1. The number of sulfonamides is 1. The van der Waals surface area contributed by atoms with Crippen LogP contribution in [0.25, 0.3) is 0 Å². The lowest BCUT2D eigenvalue weighted by Gasteiger charge is -2.32. The van der Waals surface area contributed by atoms with Gasteiger partial charge in [0.25, 0.3) is 0 Å². The van der Waals surface area contributed by atoms with Gasteiger partial charge in [0.15, 0.2) is 0 Å². The van der Waals surface area contributed by atoms with E-state index in [9.17, 15) is 18.0 Å². The van der Waals surface area contributed by atoms with Crippen LogP contribution < -0.4 is 14.4 Å². The van der Waals surface area contributed by atoms with E-state index in [0.29, 0.717) is 10.8 Å². The molecule has 0 aliphatic carbocycles. The molecule has 0 unspecified atom stereocenters. The van der Waals surface area contributed by atoms with E-state index in [1.807, 2.05) is 13.8 Å². The van der Waals surface area contributed by atoms with Crippen molar-refractivity contribution in [3.05, 3.63) is 58.1 Å². The monoisotopic (exact) mass is 543 g/mol. The third-order valence-corrected chi connectivity index (χ3v) is 7.18. The number of ether oxygens (including phenoxy) is 1. The van der Waals surface area contributed by atoms with Gasteiger partial charge in [-0.1, -0.05) is 42.3 Å². The Morgan fingerprint density at radius 2 is 1.80 bits per heavy atom. The number of nitrogens with zero attached hydrogens (tertiary/aromatic N) is 2. The highest BCUT2D eigenvalue weighted by molar-refractivity contribution is 7.92. The molecule has 0 aromatic heterocycles. The fraction of sp³-hybridized carbons (Fsp3) is 0.417. The Hall–Kier alpha value is -2.49. The van der Waals surface area contributed by atoms with Crippen molar-refractivity contribution in [1.29, 1.82) is 0 Å². The number of carbonyl (C=O) groups is 2. The van der Waals surface area contributed by atoms with E-state index in [4.69, 9.17) is 27.9 Å². The Morgan fingerprint density at radius 3 is 2.37 bits per heavy atom. The highest BCUT2D eigenvalue weighted by atomic mass is 35.5. The minimum atomic E-state index is -3.90. The molecule has 11 heteroatoms. The van der Waals surface area contributed by atoms with Gasteiger partial charge in [-0.25, -0.2) is 8.42 Å². The van der Waals surface area contributed by atoms with Gasteiger partial charge in [0.05, 0.1) is 24.1 Å². The number of carbonyl (C=O) groups excluding carboxylic acids is 2. The number of hydrogen-bond acceptors (Lipinski definition) is 5. The van der Waals surface area contributed by atoms with Gasteiger partial charge < -0.3 is 15.0 Å². The zero-order chi connectivity index (χ0) is 26.3. The summed E-state index contributed by atoms with van der Waals surface area (Å²) < 4.78 is 31.4. The summed E-state index contributed by atoms with van der Waals surface area (Å²) >= 11 is 12.2. The molecule has 0 fully saturated rings. The van der Waals surface area contributed by atoms with E-state index in [2.05, 4.69) is 5.32 Å². The third kappa shape index (κ3) is 8.02. The van der Waals surface area contributed by atoms with Crippen LogP contribution >= 0.6 is 23.2 Å². The van der Waals surface area contributed by atoms with E-state index >= 15 is 0 Å². The molecule has 0 aliphatic heterocycles. The molecule has 2 aromatic carbocycles. The number of anilines is 1. The zero-order valence-corrected chi connectivity index (χ0v) is 22.7. The Labute approximate surface area is 217 Å². The highest BCUT2D eigenvalue weighted by Gasteiger charge is 2.31. The third-order valence-electron chi connectivity index (χ3n) is 5.51. The van der Waals surface area contributed by atoms with E-state index in [1.165, 1.54) is 30.2 Å². The summed E-state index contributed by atoms with van der Waals surface area (Å²) in [4.78, 5) is 27.8. The molecule has 0 saturated carbocycles. The lowest BCUT2D eigenvalue weighted by Crippen LogP contribution is -2.52. The van der Waals surface area contributed by atoms with Gasteiger partial charge in [-0.05, 0) is 56.2 Å². The summed E-state index contributed by atoms with van der Waals surface area (Å²) in [5, 5.41) is 3.29. The number of methoxy groups -OCH3 is 1. The molecule has 0 spiro atoms. The number of halogens is 2. The highest BCUT2D eigenvalue weighted by Crippen LogP contribution is 2.30. The van der Waals surface area contributed by atoms with Crippen LogP contribution in [0, 0.1) is 0 Å². The second kappa shape index (κ2) is 12.5. The van der Waals surface area contributed by atoms with Crippen LogP contribution in [0.4, 0.5) is 5.69 Å². The molecular weight excluding hydrogens is 513 g/mol. The second-order valence-corrected chi connectivity index (χ2v) is 11.0. The first-order valence-corrected chi connectivity index (χ1v) is 13.6. The van der Waals surface area contributed by atoms with Crippen molar-refractivity contribution in [2.45, 2.75) is 45.8 Å². The Morgan fingerprint density at radius 1 is 1.11 bits per heavy atom. The van der Waals surface area contributed by atoms with Crippen LogP contribution in [0.2, 0.25) is 10.0 Å². The number of nitrogens with one attached hydrogen (secondary N) is 1. The molecule has 0 heterocycles. The van der Waals surface area contributed by atoms with E-state index in [-0.39, 0.29) is 29.2 Å². The predicted molar refractivity (Wildman–Crippen MR) is 140 cm³/mol. The molecule has 2 rings (SSSR count). The average molecular weight is 545 g/mol. The first kappa shape index (κ1) is 28.7. The smallest absolute Gasteiger partial charge is 0.244 e. The van der Waals surface area contributed by atoms with Crippen LogP contribution in [-0.2, 0) is 26.2 Å². The van der Waals surface area contributed by atoms with Crippen LogP contribution in [-0.4, -0.2) is 57.1 Å². The summed E-state index contributed by atoms with van der Waals surface area (Å²) in [7, 11) is -2.36. The molecule has 8 nitrogen and oxygen atoms in total. The Balaban J connectivity index is 2.43. The normalized spacial score (nSPS) is 13.0. The molecule has 0 saturated heterocycles. The van der Waals surface area contributed by atoms with Crippen molar-refractivity contribution >= 4 is 50.7 Å². The largest absolute Gasteiger partial charge is 0.497 e. The van der Waals surface area contributed by atoms with Crippen molar-refractivity contribution < 1.29 is 22.7 Å². The van der Waals surface area contributed by atoms with E-state index in [0.717, 1.165) is 22.5 Å². The van der Waals surface area contributed by atoms with Gasteiger partial charge >= 0.3 is 0 Å². The average Bonchev–Trinajstić information content (AvgIpc) is 2.80. The maximum Gasteiger partial charge on any atom is 0.244 e. The SMILES string of the molecule is CC[C@@H](C)NC(=O)[C@@H](C)N(Cc1cccc(OC)c1)C(=O)CN(c1ccc(Cl)cc1Cl)S(C)(=O)=O. The van der Waals surface area contributed by atoms with Crippen LogP contribution in [0.5, 0.6) is 5.75 Å². The fourth-order valence-electron chi connectivity index (χ4n) is 3.29. The molecule has 0 bridgehead atoms. The first-order valence-electron chi connectivity index (χ1n) is 11.0. The summed E-state index contributed by atoms with van der Waals surface area (Å²) in [5.74, 6) is -0.320. The Bertz CT molecular complexity index is 1160. The molecule has 192 valence electrons. The summed E-state index contributed by atoms with van der Waals surface area (Å²) in [6.07, 6.45) is 1.70. The van der Waals surface area contributed by atoms with Crippen molar-refractivity contribution in [1.82, 2.24) is 10.2 Å². The van der Waals surface area contributed by atoms with E-state index in [1.54, 1.807) is 31.2 Å². The molecule has 35 heavy (non-hydrogen) atoms.